The van der Waals surface area contributed by atoms with Gasteiger partial charge in [-0.3, -0.25) is 0 Å². The lowest BCUT2D eigenvalue weighted by Crippen LogP contribution is -1.96. The van der Waals surface area contributed by atoms with Crippen LogP contribution in [0.15, 0.2) is 23.1 Å². The molecular formula is C6H4F2O2S. The number of halogens is 2. The van der Waals surface area contributed by atoms with Crippen molar-refractivity contribution < 1.29 is 17.5 Å². The molecule has 0 aliphatic heterocycles. The van der Waals surface area contributed by atoms with Crippen molar-refractivity contribution in [2.75, 3.05) is 0 Å². The van der Waals surface area contributed by atoms with Gasteiger partial charge in [-0.25, -0.2) is 13.0 Å². The summed E-state index contributed by atoms with van der Waals surface area (Å²) in [5, 5.41) is 0. The van der Waals surface area contributed by atoms with Crippen LogP contribution in [0.25, 0.3) is 0 Å². The maximum absolute atomic E-state index is 12.5. The molecule has 11 heavy (non-hydrogen) atoms. The van der Waals surface area contributed by atoms with E-state index in [0.29, 0.717) is 0 Å². The number of hydrogen-bond donors (Lipinski definition) is 1. The van der Waals surface area contributed by atoms with Crippen molar-refractivity contribution in [3.63, 3.8) is 0 Å². The summed E-state index contributed by atoms with van der Waals surface area (Å²) in [5.74, 6) is -2.02. The van der Waals surface area contributed by atoms with Gasteiger partial charge in [0.05, 0.1) is 0 Å². The zero-order valence-corrected chi connectivity index (χ0v) is 6.07. The van der Waals surface area contributed by atoms with Crippen LogP contribution in [0.2, 0.25) is 0 Å². The second-order valence-corrected chi connectivity index (χ2v) is 2.71. The van der Waals surface area contributed by atoms with Crippen LogP contribution in [-0.2, 0) is 11.1 Å². The van der Waals surface area contributed by atoms with E-state index >= 15 is 0 Å². The molecule has 0 radical (unpaired) electrons. The molecule has 1 aromatic rings. The number of benzene rings is 1. The molecule has 0 spiro atoms. The molecule has 1 unspecified atom stereocenters. The van der Waals surface area contributed by atoms with E-state index in [-0.39, 0.29) is 0 Å². The molecule has 0 amide bonds. The molecule has 0 aliphatic rings. The Morgan fingerprint density at radius 1 is 1.27 bits per heavy atom. The average molecular weight is 178 g/mol. The van der Waals surface area contributed by atoms with Crippen molar-refractivity contribution in [2.45, 2.75) is 4.90 Å². The maximum atomic E-state index is 12.5. The number of hydrogen-bond acceptors (Lipinski definition) is 1. The van der Waals surface area contributed by atoms with E-state index in [0.717, 1.165) is 18.2 Å². The van der Waals surface area contributed by atoms with Gasteiger partial charge >= 0.3 is 0 Å². The van der Waals surface area contributed by atoms with Crippen LogP contribution in [0.3, 0.4) is 0 Å². The minimum Gasteiger partial charge on any atom is -0.302 e. The van der Waals surface area contributed by atoms with Gasteiger partial charge in [-0.05, 0) is 12.1 Å². The summed E-state index contributed by atoms with van der Waals surface area (Å²) in [7, 11) is 0. The van der Waals surface area contributed by atoms with Crippen LogP contribution in [0.1, 0.15) is 0 Å². The Balaban J connectivity index is 3.32. The van der Waals surface area contributed by atoms with Gasteiger partial charge in [0, 0.05) is 0 Å². The second-order valence-electron chi connectivity index (χ2n) is 1.80. The molecule has 1 aromatic carbocycles. The lowest BCUT2D eigenvalue weighted by atomic mass is 10.3. The predicted octanol–water partition coefficient (Wildman–Crippen LogP) is 1.55. The molecule has 0 fully saturated rings. The van der Waals surface area contributed by atoms with Gasteiger partial charge < -0.3 is 4.55 Å². The SMILES string of the molecule is O=S(O)c1c(F)cccc1F. The Hall–Kier alpha value is -0.810. The standard InChI is InChI=1S/C6H4F2O2S/c7-4-2-1-3-5(8)6(4)11(9)10/h1-3H,(H,9,10). The summed E-state index contributed by atoms with van der Waals surface area (Å²) in [5.41, 5.74) is 0. The van der Waals surface area contributed by atoms with E-state index in [2.05, 4.69) is 0 Å². The van der Waals surface area contributed by atoms with Crippen LogP contribution in [-0.4, -0.2) is 8.76 Å². The van der Waals surface area contributed by atoms with Crippen LogP contribution in [0.5, 0.6) is 0 Å². The van der Waals surface area contributed by atoms with Crippen molar-refractivity contribution in [2.24, 2.45) is 0 Å². The van der Waals surface area contributed by atoms with Crippen molar-refractivity contribution in [3.8, 4) is 0 Å². The Morgan fingerprint density at radius 2 is 1.73 bits per heavy atom. The lowest BCUT2D eigenvalue weighted by Gasteiger charge is -1.97. The first-order valence-electron chi connectivity index (χ1n) is 2.68. The van der Waals surface area contributed by atoms with E-state index in [9.17, 15) is 13.0 Å². The van der Waals surface area contributed by atoms with Gasteiger partial charge in [-0.15, -0.1) is 0 Å². The maximum Gasteiger partial charge on any atom is 0.192 e. The highest BCUT2D eigenvalue weighted by Crippen LogP contribution is 2.14. The highest BCUT2D eigenvalue weighted by atomic mass is 32.2. The quantitative estimate of drug-likeness (QED) is 0.662. The van der Waals surface area contributed by atoms with Gasteiger partial charge in [0.25, 0.3) is 0 Å². The molecule has 2 nitrogen and oxygen atoms in total. The van der Waals surface area contributed by atoms with E-state index in [1.807, 2.05) is 0 Å². The third kappa shape index (κ3) is 1.61. The van der Waals surface area contributed by atoms with Crippen molar-refractivity contribution in [1.29, 1.82) is 0 Å². The second kappa shape index (κ2) is 3.06. The first kappa shape index (κ1) is 8.29. The first-order chi connectivity index (χ1) is 5.13. The molecule has 1 N–H and O–H groups in total. The van der Waals surface area contributed by atoms with E-state index in [1.165, 1.54) is 0 Å². The van der Waals surface area contributed by atoms with Crippen molar-refractivity contribution >= 4 is 11.1 Å². The number of rotatable bonds is 1. The molecule has 0 heterocycles. The normalized spacial score (nSPS) is 13.0. The molecule has 60 valence electrons. The zero-order valence-electron chi connectivity index (χ0n) is 5.25. The fourth-order valence-electron chi connectivity index (χ4n) is 0.649. The van der Waals surface area contributed by atoms with Crippen LogP contribution >= 0.6 is 0 Å². The smallest absolute Gasteiger partial charge is 0.192 e. The topological polar surface area (TPSA) is 37.3 Å². The molecule has 1 rings (SSSR count). The highest BCUT2D eigenvalue weighted by Gasteiger charge is 2.12. The molecule has 1 atom stereocenters. The van der Waals surface area contributed by atoms with Gasteiger partial charge in [-0.2, -0.15) is 0 Å². The van der Waals surface area contributed by atoms with Crippen molar-refractivity contribution in [3.05, 3.63) is 29.8 Å². The Bertz CT molecular complexity index is 280. The first-order valence-corrected chi connectivity index (χ1v) is 3.78. The molecule has 0 aliphatic carbocycles. The molecular weight excluding hydrogens is 174 g/mol. The third-order valence-electron chi connectivity index (χ3n) is 1.09. The van der Waals surface area contributed by atoms with Crippen LogP contribution in [0, 0.1) is 11.6 Å². The Labute approximate surface area is 64.1 Å². The monoisotopic (exact) mass is 178 g/mol. The summed E-state index contributed by atoms with van der Waals surface area (Å²) >= 11 is -2.60. The van der Waals surface area contributed by atoms with Crippen LogP contribution in [0.4, 0.5) is 8.78 Å². The average Bonchev–Trinajstić information content (AvgIpc) is 1.85. The fraction of sp³-hybridized carbons (Fsp3) is 0. The molecule has 0 bridgehead atoms. The minimum absolute atomic E-state index is 0.799. The summed E-state index contributed by atoms with van der Waals surface area (Å²) in [4.78, 5) is -0.799. The minimum atomic E-state index is -2.60. The van der Waals surface area contributed by atoms with Gasteiger partial charge in [0.2, 0.25) is 0 Å². The highest BCUT2D eigenvalue weighted by molar-refractivity contribution is 7.79. The zero-order chi connectivity index (χ0) is 8.43. The third-order valence-corrected chi connectivity index (χ3v) is 1.83. The summed E-state index contributed by atoms with van der Waals surface area (Å²) in [6.07, 6.45) is 0. The molecule has 0 aromatic heterocycles. The molecule has 0 saturated carbocycles. The van der Waals surface area contributed by atoms with Gasteiger partial charge in [0.1, 0.15) is 16.5 Å². The van der Waals surface area contributed by atoms with E-state index in [1.54, 1.807) is 0 Å². The van der Waals surface area contributed by atoms with E-state index < -0.39 is 27.6 Å². The van der Waals surface area contributed by atoms with Gasteiger partial charge in [-0.1, -0.05) is 6.07 Å². The van der Waals surface area contributed by atoms with Crippen molar-refractivity contribution in [1.82, 2.24) is 0 Å². The Kier molecular flexibility index (Phi) is 2.31. The predicted molar refractivity (Wildman–Crippen MR) is 35.4 cm³/mol. The molecule has 5 heteroatoms. The van der Waals surface area contributed by atoms with Crippen LogP contribution < -0.4 is 0 Å². The lowest BCUT2D eigenvalue weighted by molar-refractivity contribution is 0.507. The summed E-state index contributed by atoms with van der Waals surface area (Å²) in [6.45, 7) is 0. The van der Waals surface area contributed by atoms with E-state index in [4.69, 9.17) is 4.55 Å². The summed E-state index contributed by atoms with van der Waals surface area (Å²) < 4.78 is 43.7. The fourth-order valence-corrected chi connectivity index (χ4v) is 1.12. The largest absolute Gasteiger partial charge is 0.302 e. The summed E-state index contributed by atoms with van der Waals surface area (Å²) in [6, 6.07) is 2.97. The molecule has 0 saturated heterocycles. The van der Waals surface area contributed by atoms with Gasteiger partial charge in [0.15, 0.2) is 11.1 Å². The Morgan fingerprint density at radius 3 is 2.00 bits per heavy atom.